The summed E-state index contributed by atoms with van der Waals surface area (Å²) in [5, 5.41) is 5.07. The molecule has 1 aliphatic rings. The third-order valence-electron chi connectivity index (χ3n) is 5.12. The van der Waals surface area contributed by atoms with E-state index in [0.717, 1.165) is 0 Å². The van der Waals surface area contributed by atoms with Gasteiger partial charge in [-0.2, -0.15) is 13.2 Å². The third kappa shape index (κ3) is 5.57. The Kier molecular flexibility index (Phi) is 6.47. The zero-order chi connectivity index (χ0) is 21.9. The van der Waals surface area contributed by atoms with Crippen LogP contribution < -0.4 is 10.6 Å². The lowest BCUT2D eigenvalue weighted by Gasteiger charge is -2.42. The molecule has 1 fully saturated rings. The first kappa shape index (κ1) is 22.2. The number of nitrogens with one attached hydrogen (secondary N) is 2. The number of nitrogens with zero attached hydrogens (tertiary/aromatic N) is 2. The van der Waals surface area contributed by atoms with Gasteiger partial charge in [-0.05, 0) is 38.1 Å². The minimum Gasteiger partial charge on any atom is -0.439 e. The summed E-state index contributed by atoms with van der Waals surface area (Å²) < 4.78 is 55.9. The number of rotatable bonds is 6. The summed E-state index contributed by atoms with van der Waals surface area (Å²) in [5.41, 5.74) is 0.0895. The van der Waals surface area contributed by atoms with E-state index in [1.165, 1.54) is 12.1 Å². The van der Waals surface area contributed by atoms with Crippen LogP contribution >= 0.6 is 0 Å². The van der Waals surface area contributed by atoms with E-state index in [9.17, 15) is 22.4 Å². The predicted molar refractivity (Wildman–Crippen MR) is 102 cm³/mol. The number of aromatic nitrogens is 1. The number of hydrogen-bond acceptors (Lipinski definition) is 5. The van der Waals surface area contributed by atoms with Crippen molar-refractivity contribution in [3.63, 3.8) is 0 Å². The van der Waals surface area contributed by atoms with Crippen molar-refractivity contribution in [1.82, 2.24) is 20.5 Å². The number of alkyl halides is 3. The Morgan fingerprint density at radius 1 is 1.30 bits per heavy atom. The van der Waals surface area contributed by atoms with Crippen molar-refractivity contribution in [2.45, 2.75) is 38.0 Å². The first-order valence-electron chi connectivity index (χ1n) is 9.59. The monoisotopic (exact) mass is 428 g/mol. The van der Waals surface area contributed by atoms with Gasteiger partial charge in [-0.3, -0.25) is 9.69 Å². The van der Waals surface area contributed by atoms with Crippen LogP contribution in [0.15, 0.2) is 34.9 Å². The van der Waals surface area contributed by atoms with Gasteiger partial charge in [-0.25, -0.2) is 9.37 Å². The van der Waals surface area contributed by atoms with Crippen molar-refractivity contribution in [3.8, 4) is 11.3 Å². The quantitative estimate of drug-likeness (QED) is 0.693. The van der Waals surface area contributed by atoms with E-state index in [2.05, 4.69) is 15.2 Å². The van der Waals surface area contributed by atoms with Gasteiger partial charge in [0.25, 0.3) is 0 Å². The Bertz CT molecular complexity index is 864. The number of oxazole rings is 1. The second-order valence-corrected chi connectivity index (χ2v) is 7.79. The molecular formula is C20H24F4N4O2. The Labute approximate surface area is 171 Å². The number of benzene rings is 1. The molecule has 6 nitrogen and oxygen atoms in total. The summed E-state index contributed by atoms with van der Waals surface area (Å²) >= 11 is 0. The van der Waals surface area contributed by atoms with Crippen LogP contribution in [-0.2, 0) is 10.3 Å². The molecular weight excluding hydrogens is 404 g/mol. The Morgan fingerprint density at radius 2 is 2.00 bits per heavy atom. The molecule has 1 aromatic carbocycles. The largest absolute Gasteiger partial charge is 0.439 e. The summed E-state index contributed by atoms with van der Waals surface area (Å²) in [6, 6.07) is 5.60. The van der Waals surface area contributed by atoms with Gasteiger partial charge in [-0.15, -0.1) is 0 Å². The van der Waals surface area contributed by atoms with Crippen LogP contribution in [0.1, 0.15) is 26.2 Å². The second kappa shape index (κ2) is 8.73. The fourth-order valence-electron chi connectivity index (χ4n) is 3.40. The fourth-order valence-corrected chi connectivity index (χ4v) is 3.40. The highest BCUT2D eigenvalue weighted by Crippen LogP contribution is 2.31. The van der Waals surface area contributed by atoms with Gasteiger partial charge < -0.3 is 15.1 Å². The predicted octanol–water partition coefficient (Wildman–Crippen LogP) is 3.06. The zero-order valence-corrected chi connectivity index (χ0v) is 16.7. The number of halogens is 4. The number of piperazine rings is 1. The van der Waals surface area contributed by atoms with Crippen LogP contribution in [0.5, 0.6) is 0 Å². The van der Waals surface area contributed by atoms with Crippen molar-refractivity contribution in [1.29, 1.82) is 0 Å². The van der Waals surface area contributed by atoms with E-state index in [-0.39, 0.29) is 18.3 Å². The molecule has 0 spiro atoms. The molecule has 1 amide bonds. The molecule has 30 heavy (non-hydrogen) atoms. The number of amides is 1. The SMILES string of the molecule is CC(C)(c1ncc(-c2ccc(F)cc2)o1)N1CCN[C@H](CC(=O)NCC(F)(F)F)C1. The highest BCUT2D eigenvalue weighted by Gasteiger charge is 2.37. The van der Waals surface area contributed by atoms with E-state index in [1.807, 2.05) is 19.2 Å². The molecule has 2 heterocycles. The summed E-state index contributed by atoms with van der Waals surface area (Å²) in [6.07, 6.45) is -2.92. The van der Waals surface area contributed by atoms with Crippen LogP contribution in [-0.4, -0.2) is 54.2 Å². The first-order valence-corrected chi connectivity index (χ1v) is 9.59. The Morgan fingerprint density at radius 3 is 2.67 bits per heavy atom. The minimum absolute atomic E-state index is 0.0604. The van der Waals surface area contributed by atoms with Crippen molar-refractivity contribution in [3.05, 3.63) is 42.2 Å². The van der Waals surface area contributed by atoms with E-state index in [0.29, 0.717) is 36.8 Å². The summed E-state index contributed by atoms with van der Waals surface area (Å²) in [7, 11) is 0. The lowest BCUT2D eigenvalue weighted by molar-refractivity contribution is -0.138. The van der Waals surface area contributed by atoms with Gasteiger partial charge >= 0.3 is 6.18 Å². The molecule has 2 N–H and O–H groups in total. The van der Waals surface area contributed by atoms with Gasteiger partial charge in [0.15, 0.2) is 5.76 Å². The second-order valence-electron chi connectivity index (χ2n) is 7.79. The van der Waals surface area contributed by atoms with Gasteiger partial charge in [0.2, 0.25) is 11.8 Å². The molecule has 0 radical (unpaired) electrons. The highest BCUT2D eigenvalue weighted by atomic mass is 19.4. The van der Waals surface area contributed by atoms with Crippen LogP contribution in [0, 0.1) is 5.82 Å². The molecule has 3 rings (SSSR count). The molecule has 1 atom stereocenters. The van der Waals surface area contributed by atoms with Crippen molar-refractivity contribution in [2.24, 2.45) is 0 Å². The standard InChI is InChI=1S/C20H24F4N4O2/c1-19(2,18-26-10-16(30-18)13-3-5-14(21)6-4-13)28-8-7-25-15(11-28)9-17(29)27-12-20(22,23)24/h3-6,10,15,25H,7-9,11-12H2,1-2H3,(H,27,29)/t15-/m1/s1. The molecule has 1 saturated heterocycles. The summed E-state index contributed by atoms with van der Waals surface area (Å²) in [6.45, 7) is 4.20. The maximum Gasteiger partial charge on any atom is 0.405 e. The average molecular weight is 428 g/mol. The molecule has 0 bridgehead atoms. The van der Waals surface area contributed by atoms with E-state index < -0.39 is 24.2 Å². The van der Waals surface area contributed by atoms with E-state index >= 15 is 0 Å². The third-order valence-corrected chi connectivity index (χ3v) is 5.12. The zero-order valence-electron chi connectivity index (χ0n) is 16.7. The normalized spacial score (nSPS) is 18.4. The molecule has 10 heteroatoms. The van der Waals surface area contributed by atoms with Crippen LogP contribution in [0.25, 0.3) is 11.3 Å². The number of carbonyl (C=O) groups excluding carboxylic acids is 1. The van der Waals surface area contributed by atoms with Crippen LogP contribution in [0.3, 0.4) is 0 Å². The van der Waals surface area contributed by atoms with Crippen molar-refractivity contribution < 1.29 is 26.8 Å². The molecule has 0 saturated carbocycles. The average Bonchev–Trinajstić information content (AvgIpc) is 3.18. The van der Waals surface area contributed by atoms with Crippen LogP contribution in [0.4, 0.5) is 17.6 Å². The van der Waals surface area contributed by atoms with Gasteiger partial charge in [0.1, 0.15) is 12.4 Å². The summed E-state index contributed by atoms with van der Waals surface area (Å²) in [5.74, 6) is -0.0237. The minimum atomic E-state index is -4.43. The highest BCUT2D eigenvalue weighted by molar-refractivity contribution is 5.76. The van der Waals surface area contributed by atoms with E-state index in [1.54, 1.807) is 18.3 Å². The molecule has 1 aliphatic heterocycles. The van der Waals surface area contributed by atoms with Gasteiger partial charge in [0.05, 0.1) is 11.7 Å². The Hall–Kier alpha value is -2.46. The van der Waals surface area contributed by atoms with Crippen LogP contribution in [0.2, 0.25) is 0 Å². The maximum atomic E-state index is 13.1. The number of hydrogen-bond donors (Lipinski definition) is 2. The van der Waals surface area contributed by atoms with Gasteiger partial charge in [-0.1, -0.05) is 0 Å². The maximum absolute atomic E-state index is 13.1. The molecule has 0 aliphatic carbocycles. The fraction of sp³-hybridized carbons (Fsp3) is 0.500. The topological polar surface area (TPSA) is 70.4 Å². The Balaban J connectivity index is 1.64. The summed E-state index contributed by atoms with van der Waals surface area (Å²) in [4.78, 5) is 18.3. The van der Waals surface area contributed by atoms with Gasteiger partial charge in [0, 0.05) is 37.7 Å². The number of carbonyl (C=O) groups is 1. The lowest BCUT2D eigenvalue weighted by atomic mass is 9.99. The van der Waals surface area contributed by atoms with Crippen molar-refractivity contribution in [2.75, 3.05) is 26.2 Å². The molecule has 164 valence electrons. The smallest absolute Gasteiger partial charge is 0.405 e. The molecule has 0 unspecified atom stereocenters. The van der Waals surface area contributed by atoms with Crippen molar-refractivity contribution >= 4 is 5.91 Å². The molecule has 2 aromatic rings. The first-order chi connectivity index (χ1) is 14.0. The lowest BCUT2D eigenvalue weighted by Crippen LogP contribution is -2.57. The van der Waals surface area contributed by atoms with E-state index in [4.69, 9.17) is 4.42 Å². The molecule has 1 aromatic heterocycles.